The number of nitrogens with two attached hydrogens (primary N) is 1. The molecule has 0 fully saturated rings. The Hall–Kier alpha value is -3.18. The van der Waals surface area contributed by atoms with Gasteiger partial charge in [-0.1, -0.05) is 42.6 Å². The largest absolute Gasteiger partial charge is 0.496 e. The Balaban J connectivity index is 2.63. The van der Waals surface area contributed by atoms with Crippen LogP contribution < -0.4 is 15.8 Å². The van der Waals surface area contributed by atoms with Crippen LogP contribution in [0.5, 0.6) is 5.75 Å². The number of allylic oxidation sites excluding steroid dienone is 2. The number of hydrogen-bond acceptors (Lipinski definition) is 7. The van der Waals surface area contributed by atoms with Crippen molar-refractivity contribution in [1.82, 2.24) is 5.32 Å². The Bertz CT molecular complexity index is 899. The van der Waals surface area contributed by atoms with Gasteiger partial charge in [0.1, 0.15) is 12.4 Å². The van der Waals surface area contributed by atoms with Gasteiger partial charge in [0.25, 0.3) is 0 Å². The van der Waals surface area contributed by atoms with Gasteiger partial charge in [0.15, 0.2) is 0 Å². The number of dihydropyridines is 1. The van der Waals surface area contributed by atoms with E-state index in [0.717, 1.165) is 11.8 Å². The van der Waals surface area contributed by atoms with Crippen LogP contribution in [-0.2, 0) is 14.3 Å². The summed E-state index contributed by atoms with van der Waals surface area (Å²) in [7, 11) is 1.52. The number of primary amides is 1. The number of ether oxygens (including phenoxy) is 2. The predicted octanol–water partition coefficient (Wildman–Crippen LogP) is 2.34. The highest BCUT2D eigenvalue weighted by Gasteiger charge is 2.37. The van der Waals surface area contributed by atoms with Crippen LogP contribution in [0.2, 0.25) is 0 Å². The number of benzene rings is 1. The third kappa shape index (κ3) is 4.56. The molecule has 0 spiro atoms. The fourth-order valence-electron chi connectivity index (χ4n) is 2.87. The maximum absolute atomic E-state index is 12.8. The van der Waals surface area contributed by atoms with E-state index in [1.807, 2.05) is 0 Å². The average molecular weight is 399 g/mol. The van der Waals surface area contributed by atoms with Crippen LogP contribution in [0, 0.1) is 11.3 Å². The summed E-state index contributed by atoms with van der Waals surface area (Å²) >= 11 is 1.11. The van der Waals surface area contributed by atoms with E-state index < -0.39 is 17.8 Å². The van der Waals surface area contributed by atoms with Crippen molar-refractivity contribution in [1.29, 1.82) is 5.26 Å². The minimum absolute atomic E-state index is 0.00428. The van der Waals surface area contributed by atoms with Crippen LogP contribution >= 0.6 is 11.8 Å². The number of methoxy groups -OCH3 is 1. The SMILES string of the molecule is C=CCOC(=O)C1=C(C)NC(SCC(N)=O)=C(C#N)[C@@H]1c1ccccc1OC. The van der Waals surface area contributed by atoms with Crippen molar-refractivity contribution in [3.8, 4) is 11.8 Å². The van der Waals surface area contributed by atoms with Crippen LogP contribution in [-0.4, -0.2) is 31.3 Å². The highest BCUT2D eigenvalue weighted by Crippen LogP contribution is 2.43. The number of nitrogens with zero attached hydrogens (tertiary/aromatic N) is 1. The van der Waals surface area contributed by atoms with Gasteiger partial charge in [0.05, 0.1) is 41.0 Å². The molecule has 0 saturated carbocycles. The third-order valence-electron chi connectivity index (χ3n) is 4.01. The molecule has 146 valence electrons. The smallest absolute Gasteiger partial charge is 0.337 e. The average Bonchev–Trinajstić information content (AvgIpc) is 2.69. The maximum atomic E-state index is 12.8. The first-order valence-corrected chi connectivity index (χ1v) is 9.37. The number of hydrogen-bond donors (Lipinski definition) is 2. The summed E-state index contributed by atoms with van der Waals surface area (Å²) in [5.41, 5.74) is 6.99. The summed E-state index contributed by atoms with van der Waals surface area (Å²) < 4.78 is 10.7. The minimum atomic E-state index is -0.713. The van der Waals surface area contributed by atoms with Crippen LogP contribution in [0.1, 0.15) is 18.4 Å². The predicted molar refractivity (Wildman–Crippen MR) is 107 cm³/mol. The monoisotopic (exact) mass is 399 g/mol. The second kappa shape index (κ2) is 9.67. The summed E-state index contributed by atoms with van der Waals surface area (Å²) in [6.07, 6.45) is 1.47. The van der Waals surface area contributed by atoms with Crippen molar-refractivity contribution in [3.63, 3.8) is 0 Å². The van der Waals surface area contributed by atoms with Gasteiger partial charge >= 0.3 is 5.97 Å². The zero-order valence-electron chi connectivity index (χ0n) is 15.7. The lowest BCUT2D eigenvalue weighted by atomic mass is 9.82. The van der Waals surface area contributed by atoms with E-state index in [0.29, 0.717) is 27.6 Å². The quantitative estimate of drug-likeness (QED) is 0.509. The number of esters is 1. The summed E-state index contributed by atoms with van der Waals surface area (Å²) in [4.78, 5) is 24.0. The van der Waals surface area contributed by atoms with Crippen LogP contribution in [0.4, 0.5) is 0 Å². The lowest BCUT2D eigenvalue weighted by Crippen LogP contribution is -2.29. The second-order valence-corrected chi connectivity index (χ2v) is 6.82. The number of para-hydroxylation sites is 1. The molecule has 1 heterocycles. The minimum Gasteiger partial charge on any atom is -0.496 e. The Morgan fingerprint density at radius 3 is 2.75 bits per heavy atom. The summed E-state index contributed by atoms with van der Waals surface area (Å²) in [5, 5.41) is 13.4. The number of thioether (sulfide) groups is 1. The molecule has 3 N–H and O–H groups in total. The number of nitriles is 1. The van der Waals surface area contributed by atoms with E-state index in [9.17, 15) is 14.9 Å². The third-order valence-corrected chi connectivity index (χ3v) is 5.05. The molecule has 2 rings (SSSR count). The Labute approximate surface area is 167 Å². The molecule has 0 aromatic heterocycles. The van der Waals surface area contributed by atoms with Gasteiger partial charge < -0.3 is 20.5 Å². The van der Waals surface area contributed by atoms with E-state index in [1.54, 1.807) is 31.2 Å². The first-order valence-electron chi connectivity index (χ1n) is 8.38. The number of amides is 1. The van der Waals surface area contributed by atoms with E-state index >= 15 is 0 Å². The van der Waals surface area contributed by atoms with Crippen LogP contribution in [0.15, 0.2) is 58.8 Å². The van der Waals surface area contributed by atoms with Crippen molar-refractivity contribution in [2.24, 2.45) is 5.73 Å². The molecule has 28 heavy (non-hydrogen) atoms. The Morgan fingerprint density at radius 2 is 2.14 bits per heavy atom. The molecule has 0 bridgehead atoms. The number of nitrogens with one attached hydrogen (secondary N) is 1. The normalized spacial score (nSPS) is 16.1. The maximum Gasteiger partial charge on any atom is 0.337 e. The van der Waals surface area contributed by atoms with Gasteiger partial charge in [-0.25, -0.2) is 4.79 Å². The number of carbonyl (C=O) groups excluding carboxylic acids is 2. The van der Waals surface area contributed by atoms with Crippen molar-refractivity contribution < 1.29 is 19.1 Å². The fraction of sp³-hybridized carbons (Fsp3) is 0.250. The molecule has 1 aromatic rings. The van der Waals surface area contributed by atoms with Gasteiger partial charge in [-0.15, -0.1) is 0 Å². The van der Waals surface area contributed by atoms with Gasteiger partial charge in [-0.05, 0) is 13.0 Å². The Morgan fingerprint density at radius 1 is 1.43 bits per heavy atom. The van der Waals surface area contributed by atoms with E-state index in [2.05, 4.69) is 18.0 Å². The van der Waals surface area contributed by atoms with Crippen LogP contribution in [0.3, 0.4) is 0 Å². The zero-order valence-corrected chi connectivity index (χ0v) is 16.5. The van der Waals surface area contributed by atoms with Gasteiger partial charge in [0, 0.05) is 11.3 Å². The molecule has 1 aliphatic rings. The highest BCUT2D eigenvalue weighted by atomic mass is 32.2. The van der Waals surface area contributed by atoms with Crippen molar-refractivity contribution in [2.45, 2.75) is 12.8 Å². The molecule has 1 amide bonds. The summed E-state index contributed by atoms with van der Waals surface area (Å²) in [6.45, 7) is 5.31. The fourth-order valence-corrected chi connectivity index (χ4v) is 3.70. The van der Waals surface area contributed by atoms with Crippen molar-refractivity contribution in [2.75, 3.05) is 19.5 Å². The molecule has 7 nitrogen and oxygen atoms in total. The van der Waals surface area contributed by atoms with Gasteiger partial charge in [0.2, 0.25) is 5.91 Å². The van der Waals surface area contributed by atoms with Crippen molar-refractivity contribution in [3.05, 3.63) is 64.4 Å². The molecular formula is C20H21N3O4S. The van der Waals surface area contributed by atoms with E-state index in [-0.39, 0.29) is 17.9 Å². The first kappa shape index (κ1) is 21.1. The standard InChI is InChI=1S/C20H21N3O4S/c1-4-9-27-20(25)17-12(2)23-19(28-11-16(22)24)14(10-21)18(17)13-7-5-6-8-15(13)26-3/h4-8,18,23H,1,9,11H2,2-3H3,(H2,22,24)/t18-/m0/s1. The Kier molecular flexibility index (Phi) is 7.29. The molecular weight excluding hydrogens is 378 g/mol. The molecule has 0 saturated heterocycles. The molecule has 1 aliphatic heterocycles. The molecule has 1 aromatic carbocycles. The molecule has 0 radical (unpaired) electrons. The van der Waals surface area contributed by atoms with Crippen LogP contribution in [0.25, 0.3) is 0 Å². The first-order chi connectivity index (χ1) is 13.4. The van der Waals surface area contributed by atoms with Crippen molar-refractivity contribution >= 4 is 23.6 Å². The molecule has 0 unspecified atom stereocenters. The molecule has 1 atom stereocenters. The second-order valence-electron chi connectivity index (χ2n) is 5.84. The lowest BCUT2D eigenvalue weighted by Gasteiger charge is -2.30. The zero-order chi connectivity index (χ0) is 20.7. The van der Waals surface area contributed by atoms with E-state index in [4.69, 9.17) is 15.2 Å². The topological polar surface area (TPSA) is 114 Å². The highest BCUT2D eigenvalue weighted by molar-refractivity contribution is 8.03. The lowest BCUT2D eigenvalue weighted by molar-refractivity contribution is -0.138. The molecule has 8 heteroatoms. The molecule has 0 aliphatic carbocycles. The van der Waals surface area contributed by atoms with Gasteiger partial charge in [-0.2, -0.15) is 5.26 Å². The summed E-state index contributed by atoms with van der Waals surface area (Å²) in [5.74, 6) is -1.26. The van der Waals surface area contributed by atoms with E-state index in [1.165, 1.54) is 13.2 Å². The number of carbonyl (C=O) groups is 2. The number of rotatable bonds is 8. The van der Waals surface area contributed by atoms with Gasteiger partial charge in [-0.3, -0.25) is 4.79 Å². The summed E-state index contributed by atoms with van der Waals surface area (Å²) in [6, 6.07) is 9.31.